The molecule has 3 heteroatoms. The summed E-state index contributed by atoms with van der Waals surface area (Å²) >= 11 is 5.63. The van der Waals surface area contributed by atoms with E-state index in [9.17, 15) is 4.79 Å². The summed E-state index contributed by atoms with van der Waals surface area (Å²) in [6, 6.07) is 0. The van der Waals surface area contributed by atoms with Crippen molar-refractivity contribution in [3.05, 3.63) is 0 Å². The molecule has 0 radical (unpaired) electrons. The summed E-state index contributed by atoms with van der Waals surface area (Å²) in [7, 11) is 1.85. The Bertz CT molecular complexity index is 199. The third kappa shape index (κ3) is 2.63. The summed E-state index contributed by atoms with van der Waals surface area (Å²) in [6.07, 6.45) is 5.74. The number of carbonyl (C=O) groups is 1. The molecule has 1 amide bonds. The Labute approximate surface area is 91.6 Å². The van der Waals surface area contributed by atoms with Gasteiger partial charge in [0.15, 0.2) is 0 Å². The molecule has 0 saturated heterocycles. The molecule has 1 fully saturated rings. The zero-order valence-electron chi connectivity index (χ0n) is 9.18. The lowest BCUT2D eigenvalue weighted by atomic mass is 9.75. The van der Waals surface area contributed by atoms with Gasteiger partial charge in [0.2, 0.25) is 5.91 Å². The third-order valence-electron chi connectivity index (χ3n) is 3.24. The van der Waals surface area contributed by atoms with Crippen LogP contribution in [0.1, 0.15) is 39.0 Å². The molecule has 0 aromatic heterocycles. The Morgan fingerprint density at radius 3 is 2.43 bits per heavy atom. The molecule has 14 heavy (non-hydrogen) atoms. The minimum atomic E-state index is -0.112. The summed E-state index contributed by atoms with van der Waals surface area (Å²) in [5, 5.41) is 0. The van der Waals surface area contributed by atoms with Crippen LogP contribution in [-0.4, -0.2) is 30.3 Å². The highest BCUT2D eigenvalue weighted by atomic mass is 35.5. The smallest absolute Gasteiger partial charge is 0.228 e. The molecule has 0 heterocycles. The van der Waals surface area contributed by atoms with E-state index in [2.05, 4.69) is 6.92 Å². The maximum Gasteiger partial charge on any atom is 0.228 e. The van der Waals surface area contributed by atoms with Gasteiger partial charge in [-0.1, -0.05) is 26.2 Å². The van der Waals surface area contributed by atoms with Crippen LogP contribution in [0.3, 0.4) is 0 Å². The first-order valence-electron chi connectivity index (χ1n) is 5.42. The molecule has 2 nitrogen and oxygen atoms in total. The minimum Gasteiger partial charge on any atom is -0.344 e. The van der Waals surface area contributed by atoms with Crippen molar-refractivity contribution in [2.24, 2.45) is 5.41 Å². The van der Waals surface area contributed by atoms with E-state index in [1.807, 2.05) is 7.05 Å². The first-order chi connectivity index (χ1) is 6.60. The molecule has 0 N–H and O–H groups in total. The number of carbonyl (C=O) groups excluding carboxylic acids is 1. The highest BCUT2D eigenvalue weighted by Crippen LogP contribution is 2.37. The molecule has 0 aromatic rings. The SMILES string of the molecule is CN(CCCl)C(=O)C1(C)CCCCC1. The fraction of sp³-hybridized carbons (Fsp3) is 0.909. The highest BCUT2D eigenvalue weighted by molar-refractivity contribution is 6.18. The van der Waals surface area contributed by atoms with Crippen LogP contribution in [0.25, 0.3) is 0 Å². The van der Waals surface area contributed by atoms with E-state index in [1.54, 1.807) is 4.90 Å². The summed E-state index contributed by atoms with van der Waals surface area (Å²) in [6.45, 7) is 2.76. The van der Waals surface area contributed by atoms with Gasteiger partial charge in [-0.25, -0.2) is 0 Å². The molecule has 1 aliphatic carbocycles. The predicted octanol–water partition coefficient (Wildman–Crippen LogP) is 2.65. The van der Waals surface area contributed by atoms with Crippen LogP contribution in [0.4, 0.5) is 0 Å². The van der Waals surface area contributed by atoms with E-state index in [-0.39, 0.29) is 11.3 Å². The predicted molar refractivity (Wildman–Crippen MR) is 59.5 cm³/mol. The van der Waals surface area contributed by atoms with Crippen molar-refractivity contribution in [3.8, 4) is 0 Å². The maximum absolute atomic E-state index is 12.1. The van der Waals surface area contributed by atoms with Crippen LogP contribution in [0.5, 0.6) is 0 Å². The average molecular weight is 218 g/mol. The van der Waals surface area contributed by atoms with Crippen molar-refractivity contribution in [3.63, 3.8) is 0 Å². The Morgan fingerprint density at radius 1 is 1.36 bits per heavy atom. The van der Waals surface area contributed by atoms with Crippen LogP contribution in [-0.2, 0) is 4.79 Å². The van der Waals surface area contributed by atoms with Crippen LogP contribution >= 0.6 is 11.6 Å². The van der Waals surface area contributed by atoms with Gasteiger partial charge < -0.3 is 4.90 Å². The van der Waals surface area contributed by atoms with Gasteiger partial charge in [-0.3, -0.25) is 4.79 Å². The number of alkyl halides is 1. The molecule has 82 valence electrons. The Hall–Kier alpha value is -0.240. The number of halogens is 1. The molecule has 0 aromatic carbocycles. The number of hydrogen-bond acceptors (Lipinski definition) is 1. The Morgan fingerprint density at radius 2 is 1.93 bits per heavy atom. The fourth-order valence-electron chi connectivity index (χ4n) is 2.24. The molecule has 0 aliphatic heterocycles. The van der Waals surface area contributed by atoms with Gasteiger partial charge in [0, 0.05) is 24.9 Å². The van der Waals surface area contributed by atoms with Crippen molar-refractivity contribution < 1.29 is 4.79 Å². The van der Waals surface area contributed by atoms with Crippen molar-refractivity contribution >= 4 is 17.5 Å². The normalized spacial score (nSPS) is 20.5. The van der Waals surface area contributed by atoms with E-state index >= 15 is 0 Å². The van der Waals surface area contributed by atoms with E-state index in [0.29, 0.717) is 12.4 Å². The van der Waals surface area contributed by atoms with Gasteiger partial charge in [-0.05, 0) is 12.8 Å². The van der Waals surface area contributed by atoms with Gasteiger partial charge in [-0.15, -0.1) is 11.6 Å². The van der Waals surface area contributed by atoms with Crippen molar-refractivity contribution in [1.82, 2.24) is 4.90 Å². The summed E-state index contributed by atoms with van der Waals surface area (Å²) in [5.41, 5.74) is -0.112. The topological polar surface area (TPSA) is 20.3 Å². The molecule has 0 atom stereocenters. The second-order valence-corrected chi connectivity index (χ2v) is 4.91. The van der Waals surface area contributed by atoms with E-state index < -0.39 is 0 Å². The quantitative estimate of drug-likeness (QED) is 0.666. The lowest BCUT2D eigenvalue weighted by molar-refractivity contribution is -0.141. The second kappa shape index (κ2) is 5.01. The number of hydrogen-bond donors (Lipinski definition) is 0. The number of nitrogens with zero attached hydrogens (tertiary/aromatic N) is 1. The summed E-state index contributed by atoms with van der Waals surface area (Å²) in [4.78, 5) is 13.9. The van der Waals surface area contributed by atoms with Gasteiger partial charge in [0.1, 0.15) is 0 Å². The standard InChI is InChI=1S/C11H20ClNO/c1-11(6-4-3-5-7-11)10(14)13(2)9-8-12/h3-9H2,1-2H3. The van der Waals surface area contributed by atoms with Gasteiger partial charge in [0.05, 0.1) is 0 Å². The van der Waals surface area contributed by atoms with E-state index in [4.69, 9.17) is 11.6 Å². The van der Waals surface area contributed by atoms with E-state index in [1.165, 1.54) is 19.3 Å². The molecule has 1 saturated carbocycles. The Kier molecular flexibility index (Phi) is 4.24. The third-order valence-corrected chi connectivity index (χ3v) is 3.41. The molecule has 1 rings (SSSR count). The van der Waals surface area contributed by atoms with Gasteiger partial charge in [0.25, 0.3) is 0 Å². The van der Waals surface area contributed by atoms with Crippen LogP contribution < -0.4 is 0 Å². The first kappa shape index (κ1) is 11.8. The largest absolute Gasteiger partial charge is 0.344 e. The number of rotatable bonds is 3. The van der Waals surface area contributed by atoms with Gasteiger partial charge >= 0.3 is 0 Å². The first-order valence-corrected chi connectivity index (χ1v) is 5.95. The molecule has 0 bridgehead atoms. The molecular formula is C11H20ClNO. The Balaban J connectivity index is 2.56. The van der Waals surface area contributed by atoms with Crippen molar-refractivity contribution in [2.45, 2.75) is 39.0 Å². The zero-order valence-corrected chi connectivity index (χ0v) is 9.94. The van der Waals surface area contributed by atoms with Crippen molar-refractivity contribution in [2.75, 3.05) is 19.5 Å². The maximum atomic E-state index is 12.1. The summed E-state index contributed by atoms with van der Waals surface area (Å²) < 4.78 is 0. The molecular weight excluding hydrogens is 198 g/mol. The molecule has 0 spiro atoms. The fourth-order valence-corrected chi connectivity index (χ4v) is 2.49. The van der Waals surface area contributed by atoms with E-state index in [0.717, 1.165) is 12.8 Å². The minimum absolute atomic E-state index is 0.112. The highest BCUT2D eigenvalue weighted by Gasteiger charge is 2.36. The average Bonchev–Trinajstić information content (AvgIpc) is 2.18. The zero-order chi connectivity index (χ0) is 10.6. The van der Waals surface area contributed by atoms with Crippen LogP contribution in [0, 0.1) is 5.41 Å². The van der Waals surface area contributed by atoms with Crippen LogP contribution in [0.15, 0.2) is 0 Å². The molecule has 0 unspecified atom stereocenters. The number of amides is 1. The lowest BCUT2D eigenvalue weighted by Gasteiger charge is -2.35. The lowest BCUT2D eigenvalue weighted by Crippen LogP contribution is -2.42. The molecule has 1 aliphatic rings. The second-order valence-electron chi connectivity index (χ2n) is 4.54. The summed E-state index contributed by atoms with van der Waals surface area (Å²) in [5.74, 6) is 0.802. The van der Waals surface area contributed by atoms with Gasteiger partial charge in [-0.2, -0.15) is 0 Å². The van der Waals surface area contributed by atoms with Crippen molar-refractivity contribution in [1.29, 1.82) is 0 Å². The monoisotopic (exact) mass is 217 g/mol. The van der Waals surface area contributed by atoms with Crippen LogP contribution in [0.2, 0.25) is 0 Å².